The highest BCUT2D eigenvalue weighted by Crippen LogP contribution is 2.36. The number of para-hydroxylation sites is 1. The van der Waals surface area contributed by atoms with Crippen molar-refractivity contribution in [2.24, 2.45) is 5.84 Å². The monoisotopic (exact) mass is 498 g/mol. The fraction of sp³-hybridized carbons (Fsp3) is 0.321. The Labute approximate surface area is 217 Å². The van der Waals surface area contributed by atoms with Crippen LogP contribution >= 0.6 is 0 Å². The first kappa shape index (κ1) is 24.7. The van der Waals surface area contributed by atoms with Gasteiger partial charge in [0, 0.05) is 44.6 Å². The third-order valence-electron chi connectivity index (χ3n) is 7.28. The fourth-order valence-electron chi connectivity index (χ4n) is 5.12. The van der Waals surface area contributed by atoms with Gasteiger partial charge in [0.15, 0.2) is 0 Å². The maximum Gasteiger partial charge on any atom is 0.149 e. The van der Waals surface area contributed by atoms with Crippen molar-refractivity contribution in [2.75, 3.05) is 30.9 Å². The van der Waals surface area contributed by atoms with Gasteiger partial charge in [-0.05, 0) is 64.2 Å². The summed E-state index contributed by atoms with van der Waals surface area (Å²) in [5.74, 6) is 7.73. The van der Waals surface area contributed by atoms with Crippen molar-refractivity contribution in [2.45, 2.75) is 39.3 Å². The van der Waals surface area contributed by atoms with E-state index in [0.29, 0.717) is 18.7 Å². The summed E-state index contributed by atoms with van der Waals surface area (Å²) in [4.78, 5) is 2.45. The number of ether oxygens (including phenoxy) is 1. The molecule has 1 unspecified atom stereocenters. The van der Waals surface area contributed by atoms with Gasteiger partial charge < -0.3 is 15.5 Å². The number of benzene rings is 3. The topological polar surface area (TPSA) is 122 Å². The van der Waals surface area contributed by atoms with Crippen LogP contribution in [0.1, 0.15) is 45.1 Å². The van der Waals surface area contributed by atoms with Crippen molar-refractivity contribution in [3.05, 3.63) is 93.8 Å². The molecule has 9 heteroatoms. The first-order valence-electron chi connectivity index (χ1n) is 12.5. The molecule has 0 spiro atoms. The van der Waals surface area contributed by atoms with Gasteiger partial charge in [0.2, 0.25) is 0 Å². The lowest BCUT2D eigenvalue weighted by Crippen LogP contribution is -2.26. The van der Waals surface area contributed by atoms with Crippen LogP contribution in [-0.2, 0) is 19.5 Å². The highest BCUT2D eigenvalue weighted by molar-refractivity contribution is 5.72. The fourth-order valence-corrected chi connectivity index (χ4v) is 5.12. The minimum Gasteiger partial charge on any atom is -0.492 e. The van der Waals surface area contributed by atoms with Gasteiger partial charge in [-0.1, -0.05) is 42.5 Å². The zero-order valence-electron chi connectivity index (χ0n) is 21.6. The predicted octanol–water partition coefficient (Wildman–Crippen LogP) is 3.48. The van der Waals surface area contributed by atoms with Gasteiger partial charge in [-0.15, -0.1) is 5.10 Å². The highest BCUT2D eigenvalue weighted by atomic mass is 16.5. The number of aromatic nitrogens is 4. The molecule has 5 rings (SSSR count). The van der Waals surface area contributed by atoms with Crippen LogP contribution < -0.4 is 21.3 Å². The minimum absolute atomic E-state index is 0.0155. The third kappa shape index (κ3) is 5.28. The summed E-state index contributed by atoms with van der Waals surface area (Å²) in [6.45, 7) is 7.47. The van der Waals surface area contributed by atoms with Crippen molar-refractivity contribution in [3.8, 4) is 5.75 Å². The number of H-pyrrole nitrogens is 1. The van der Waals surface area contributed by atoms with E-state index in [1.165, 1.54) is 22.3 Å². The molecule has 0 radical (unpaired) electrons. The van der Waals surface area contributed by atoms with Gasteiger partial charge in [-0.25, -0.2) is 10.9 Å². The minimum atomic E-state index is 0.0155. The van der Waals surface area contributed by atoms with Gasteiger partial charge in [0.05, 0.1) is 11.4 Å². The summed E-state index contributed by atoms with van der Waals surface area (Å²) in [6.07, 6.45) is 0.624. The average molecular weight is 499 g/mol. The quantitative estimate of drug-likeness (QED) is 0.201. The van der Waals surface area contributed by atoms with Crippen LogP contribution in [0.15, 0.2) is 54.6 Å². The standard InChI is InChI=1S/C28H34N8O/c1-18-8-9-20(14-22(18)17-36-12-13-37-26-7-5-4-6-21(26)16-36)24(15-27-31-33-34-32-27)23-10-11-25(35(3)30)28(29)19(23)2/h4-11,14,24H,12-13,15-17,29-30H2,1-3H3,(H,31,32,33,34). The molecule has 4 aromatic rings. The zero-order chi connectivity index (χ0) is 25.9. The molecule has 0 amide bonds. The van der Waals surface area contributed by atoms with E-state index in [-0.39, 0.29) is 5.92 Å². The van der Waals surface area contributed by atoms with Crippen LogP contribution in [0, 0.1) is 13.8 Å². The summed E-state index contributed by atoms with van der Waals surface area (Å²) < 4.78 is 5.99. The number of fused-ring (bicyclic) bond motifs is 1. The normalized spacial score (nSPS) is 14.5. The second-order valence-electron chi connectivity index (χ2n) is 9.78. The molecule has 192 valence electrons. The number of nitrogens with one attached hydrogen (secondary N) is 1. The Morgan fingerprint density at radius 1 is 1.14 bits per heavy atom. The molecule has 0 fully saturated rings. The van der Waals surface area contributed by atoms with E-state index in [2.05, 4.69) is 74.9 Å². The van der Waals surface area contributed by atoms with Crippen molar-refractivity contribution in [1.82, 2.24) is 25.5 Å². The Morgan fingerprint density at radius 3 is 2.76 bits per heavy atom. The number of anilines is 2. The van der Waals surface area contributed by atoms with Crippen LogP contribution in [0.4, 0.5) is 11.4 Å². The number of hydrazine groups is 1. The predicted molar refractivity (Wildman–Crippen MR) is 145 cm³/mol. The van der Waals surface area contributed by atoms with Gasteiger partial charge in [0.25, 0.3) is 0 Å². The Hall–Kier alpha value is -3.95. The van der Waals surface area contributed by atoms with E-state index >= 15 is 0 Å². The maximum atomic E-state index is 6.52. The average Bonchev–Trinajstić information content (AvgIpc) is 3.31. The highest BCUT2D eigenvalue weighted by Gasteiger charge is 2.23. The lowest BCUT2D eigenvalue weighted by atomic mass is 9.83. The third-order valence-corrected chi connectivity index (χ3v) is 7.28. The van der Waals surface area contributed by atoms with Crippen molar-refractivity contribution < 1.29 is 4.74 Å². The molecule has 9 nitrogen and oxygen atoms in total. The van der Waals surface area contributed by atoms with Gasteiger partial charge >= 0.3 is 0 Å². The summed E-state index contributed by atoms with van der Waals surface area (Å²) in [5.41, 5.74) is 15.1. The van der Waals surface area contributed by atoms with Crippen molar-refractivity contribution in [3.63, 3.8) is 0 Å². The van der Waals surface area contributed by atoms with E-state index in [1.54, 1.807) is 12.1 Å². The molecule has 3 aromatic carbocycles. The first-order valence-corrected chi connectivity index (χ1v) is 12.5. The molecule has 0 bridgehead atoms. The van der Waals surface area contributed by atoms with E-state index in [4.69, 9.17) is 16.3 Å². The van der Waals surface area contributed by atoms with Crippen LogP contribution in [0.5, 0.6) is 5.75 Å². The number of hydrogen-bond donors (Lipinski definition) is 3. The SMILES string of the molecule is Cc1ccc(C(Cc2nnn[nH]2)c2ccc(N(C)N)c(N)c2C)cc1CN1CCOc2ccccc2C1. The number of nitrogens with two attached hydrogens (primary N) is 2. The van der Waals surface area contributed by atoms with E-state index in [9.17, 15) is 0 Å². The molecular formula is C28H34N8O. The summed E-state index contributed by atoms with van der Waals surface area (Å²) in [6, 6.07) is 19.1. The number of hydrogen-bond acceptors (Lipinski definition) is 8. The smallest absolute Gasteiger partial charge is 0.149 e. The first-order chi connectivity index (χ1) is 17.9. The molecule has 37 heavy (non-hydrogen) atoms. The van der Waals surface area contributed by atoms with E-state index in [1.807, 2.05) is 19.1 Å². The van der Waals surface area contributed by atoms with Crippen LogP contribution in [-0.4, -0.2) is 45.7 Å². The van der Waals surface area contributed by atoms with Crippen LogP contribution in [0.2, 0.25) is 0 Å². The molecular weight excluding hydrogens is 464 g/mol. The van der Waals surface area contributed by atoms with Gasteiger partial charge in [-0.2, -0.15) is 0 Å². The number of nitrogen functional groups attached to an aromatic ring is 1. The Bertz CT molecular complexity index is 1370. The van der Waals surface area contributed by atoms with Gasteiger partial charge in [-0.3, -0.25) is 4.90 Å². The molecule has 1 aliphatic rings. The number of nitrogens with zero attached hydrogens (tertiary/aromatic N) is 5. The molecule has 5 N–H and O–H groups in total. The summed E-state index contributed by atoms with van der Waals surface area (Å²) in [5, 5.41) is 16.2. The lowest BCUT2D eigenvalue weighted by molar-refractivity contribution is 0.219. The van der Waals surface area contributed by atoms with Crippen molar-refractivity contribution >= 4 is 11.4 Å². The number of tetrazole rings is 1. The summed E-state index contributed by atoms with van der Waals surface area (Å²) >= 11 is 0. The second kappa shape index (κ2) is 10.6. The van der Waals surface area contributed by atoms with Gasteiger partial charge in [0.1, 0.15) is 18.2 Å². The molecule has 1 aliphatic heterocycles. The molecule has 0 saturated heterocycles. The van der Waals surface area contributed by atoms with Crippen LogP contribution in [0.3, 0.4) is 0 Å². The Balaban J connectivity index is 1.49. The molecule has 0 aliphatic carbocycles. The van der Waals surface area contributed by atoms with E-state index < -0.39 is 0 Å². The summed E-state index contributed by atoms with van der Waals surface area (Å²) in [7, 11) is 1.79. The maximum absolute atomic E-state index is 6.52. The van der Waals surface area contributed by atoms with Crippen molar-refractivity contribution in [1.29, 1.82) is 0 Å². The molecule has 0 saturated carbocycles. The number of aryl methyl sites for hydroxylation is 1. The lowest BCUT2D eigenvalue weighted by Gasteiger charge is -2.25. The molecule has 1 aromatic heterocycles. The van der Waals surface area contributed by atoms with Crippen LogP contribution in [0.25, 0.3) is 0 Å². The number of aromatic amines is 1. The zero-order valence-corrected chi connectivity index (χ0v) is 21.6. The largest absolute Gasteiger partial charge is 0.492 e. The number of rotatable bonds is 7. The molecule has 2 heterocycles. The molecule has 1 atom stereocenters. The van der Waals surface area contributed by atoms with E-state index in [0.717, 1.165) is 48.0 Å². The Kier molecular flexibility index (Phi) is 7.07. The second-order valence-corrected chi connectivity index (χ2v) is 9.78. The Morgan fingerprint density at radius 2 is 1.97 bits per heavy atom.